The Morgan fingerprint density at radius 3 is 2.47 bits per heavy atom. The van der Waals surface area contributed by atoms with Crippen LogP contribution >= 0.6 is 12.2 Å². The van der Waals surface area contributed by atoms with Crippen LogP contribution in [0.5, 0.6) is 0 Å². The third-order valence-corrected chi connectivity index (χ3v) is 5.25. The lowest BCUT2D eigenvalue weighted by atomic mass is 9.97. The van der Waals surface area contributed by atoms with Gasteiger partial charge in [-0.3, -0.25) is 0 Å². The fourth-order valence-corrected chi connectivity index (χ4v) is 3.48. The van der Waals surface area contributed by atoms with Crippen molar-refractivity contribution >= 4 is 27.2 Å². The van der Waals surface area contributed by atoms with Crippen molar-refractivity contribution in [1.82, 2.24) is 9.21 Å². The van der Waals surface area contributed by atoms with Gasteiger partial charge in [0.05, 0.1) is 4.99 Å². The number of rotatable bonds is 5. The molecule has 1 aliphatic rings. The van der Waals surface area contributed by atoms with E-state index in [1.807, 2.05) is 0 Å². The van der Waals surface area contributed by atoms with Gasteiger partial charge in [-0.15, -0.1) is 0 Å². The lowest BCUT2D eigenvalue weighted by Crippen LogP contribution is -2.40. The maximum absolute atomic E-state index is 11.8. The average molecular weight is 279 g/mol. The Bertz CT molecular complexity index is 362. The number of thiocarbonyl (C=S) groups is 1. The molecule has 0 atom stereocenters. The number of piperidine rings is 1. The number of hydrogen-bond acceptors (Lipinski definition) is 4. The molecule has 1 saturated heterocycles. The number of nitrogens with two attached hydrogens (primary N) is 1. The van der Waals surface area contributed by atoms with E-state index in [2.05, 4.69) is 24.2 Å². The summed E-state index contributed by atoms with van der Waals surface area (Å²) in [7, 11) is 0.371. The largest absolute Gasteiger partial charge is 0.392 e. The Labute approximate surface area is 109 Å². The van der Waals surface area contributed by atoms with E-state index in [0.29, 0.717) is 12.5 Å². The second-order valence-corrected chi connectivity index (χ2v) is 7.35. The molecular weight excluding hydrogens is 258 g/mol. The zero-order valence-corrected chi connectivity index (χ0v) is 12.1. The van der Waals surface area contributed by atoms with E-state index in [1.165, 1.54) is 4.31 Å². The highest BCUT2D eigenvalue weighted by Gasteiger charge is 2.24. The van der Waals surface area contributed by atoms with Gasteiger partial charge in [-0.2, -0.15) is 0 Å². The van der Waals surface area contributed by atoms with Gasteiger partial charge >= 0.3 is 0 Å². The lowest BCUT2D eigenvalue weighted by molar-refractivity contribution is 0.202. The molecule has 0 aromatic carbocycles. The zero-order chi connectivity index (χ0) is 13.1. The van der Waals surface area contributed by atoms with Crippen LogP contribution in [0.4, 0.5) is 0 Å². The van der Waals surface area contributed by atoms with E-state index in [-0.39, 0.29) is 10.7 Å². The van der Waals surface area contributed by atoms with E-state index in [9.17, 15) is 8.42 Å². The molecule has 0 saturated carbocycles. The monoisotopic (exact) mass is 279 g/mol. The topological polar surface area (TPSA) is 66.6 Å². The van der Waals surface area contributed by atoms with E-state index in [0.717, 1.165) is 25.9 Å². The SMILES string of the molecule is CN1CCC(CN(C)S(=O)(=O)CC(N)=S)CC1. The van der Waals surface area contributed by atoms with E-state index >= 15 is 0 Å². The van der Waals surface area contributed by atoms with Crippen molar-refractivity contribution in [3.8, 4) is 0 Å². The minimum absolute atomic E-state index is 0.0280. The van der Waals surface area contributed by atoms with Gasteiger partial charge in [-0.25, -0.2) is 12.7 Å². The molecular formula is C10H21N3O2S2. The summed E-state index contributed by atoms with van der Waals surface area (Å²) < 4.78 is 25.0. The van der Waals surface area contributed by atoms with Crippen LogP contribution in [0.1, 0.15) is 12.8 Å². The molecule has 0 radical (unpaired) electrons. The van der Waals surface area contributed by atoms with Crippen LogP contribution in [-0.4, -0.2) is 62.1 Å². The van der Waals surface area contributed by atoms with Crippen LogP contribution in [0.25, 0.3) is 0 Å². The van der Waals surface area contributed by atoms with Gasteiger partial charge in [0.25, 0.3) is 0 Å². The summed E-state index contributed by atoms with van der Waals surface area (Å²) in [6.45, 7) is 2.64. The molecule has 0 aromatic heterocycles. The molecule has 1 fully saturated rings. The first-order valence-electron chi connectivity index (χ1n) is 5.72. The summed E-state index contributed by atoms with van der Waals surface area (Å²) in [5.74, 6) is 0.211. The molecule has 1 heterocycles. The van der Waals surface area contributed by atoms with Gasteiger partial charge in [0.2, 0.25) is 10.0 Å². The van der Waals surface area contributed by atoms with Crippen molar-refractivity contribution in [1.29, 1.82) is 0 Å². The van der Waals surface area contributed by atoms with Gasteiger partial charge < -0.3 is 10.6 Å². The molecule has 0 bridgehead atoms. The number of hydrogen-bond donors (Lipinski definition) is 1. The number of nitrogens with zero attached hydrogens (tertiary/aromatic N) is 2. The van der Waals surface area contributed by atoms with Gasteiger partial charge in [0, 0.05) is 13.6 Å². The van der Waals surface area contributed by atoms with Crippen molar-refractivity contribution < 1.29 is 8.42 Å². The molecule has 1 aliphatic heterocycles. The second kappa shape index (κ2) is 6.08. The molecule has 100 valence electrons. The molecule has 0 unspecified atom stereocenters. The third-order valence-electron chi connectivity index (χ3n) is 3.15. The summed E-state index contributed by atoms with van der Waals surface area (Å²) >= 11 is 4.65. The minimum Gasteiger partial charge on any atom is -0.392 e. The van der Waals surface area contributed by atoms with Crippen molar-refractivity contribution in [2.24, 2.45) is 11.7 Å². The molecule has 0 aliphatic carbocycles. The molecule has 5 nitrogen and oxygen atoms in total. The summed E-state index contributed by atoms with van der Waals surface area (Å²) in [5.41, 5.74) is 5.29. The Morgan fingerprint density at radius 2 is 2.00 bits per heavy atom. The zero-order valence-electron chi connectivity index (χ0n) is 10.4. The molecule has 0 spiro atoms. The smallest absolute Gasteiger partial charge is 0.220 e. The van der Waals surface area contributed by atoms with Gasteiger partial charge in [-0.05, 0) is 38.9 Å². The summed E-state index contributed by atoms with van der Waals surface area (Å²) in [5, 5.41) is 0. The van der Waals surface area contributed by atoms with Crippen LogP contribution in [0.3, 0.4) is 0 Å². The highest BCUT2D eigenvalue weighted by molar-refractivity contribution is 7.92. The summed E-state index contributed by atoms with van der Waals surface area (Å²) in [4.78, 5) is 2.29. The first-order valence-corrected chi connectivity index (χ1v) is 7.74. The second-order valence-electron chi connectivity index (χ2n) is 4.75. The van der Waals surface area contributed by atoms with Crippen molar-refractivity contribution in [3.05, 3.63) is 0 Å². The molecule has 7 heteroatoms. The van der Waals surface area contributed by atoms with Crippen LogP contribution in [-0.2, 0) is 10.0 Å². The highest BCUT2D eigenvalue weighted by Crippen LogP contribution is 2.18. The Hall–Kier alpha value is -0.240. The quantitative estimate of drug-likeness (QED) is 0.711. The lowest BCUT2D eigenvalue weighted by Gasteiger charge is -2.31. The van der Waals surface area contributed by atoms with Crippen LogP contribution in [0, 0.1) is 5.92 Å². The van der Waals surface area contributed by atoms with Crippen molar-refractivity contribution in [3.63, 3.8) is 0 Å². The van der Waals surface area contributed by atoms with E-state index in [4.69, 9.17) is 5.73 Å². The normalized spacial score (nSPS) is 19.7. The number of sulfonamides is 1. The van der Waals surface area contributed by atoms with Crippen LogP contribution in [0.2, 0.25) is 0 Å². The first-order chi connectivity index (χ1) is 7.81. The highest BCUT2D eigenvalue weighted by atomic mass is 32.2. The van der Waals surface area contributed by atoms with Crippen LogP contribution in [0.15, 0.2) is 0 Å². The van der Waals surface area contributed by atoms with E-state index in [1.54, 1.807) is 7.05 Å². The fraction of sp³-hybridized carbons (Fsp3) is 0.900. The maximum Gasteiger partial charge on any atom is 0.220 e. The van der Waals surface area contributed by atoms with Gasteiger partial charge in [0.15, 0.2) is 0 Å². The molecule has 0 aromatic rings. The Kier molecular flexibility index (Phi) is 5.30. The van der Waals surface area contributed by atoms with E-state index < -0.39 is 10.0 Å². The Balaban J connectivity index is 2.48. The van der Waals surface area contributed by atoms with Gasteiger partial charge in [-0.1, -0.05) is 12.2 Å². The third kappa shape index (κ3) is 4.87. The standard InChI is InChI=1S/C10H21N3O2S2/c1-12-5-3-9(4-6-12)7-13(2)17(14,15)8-10(11)16/h9H,3-8H2,1-2H3,(H2,11,16). The molecule has 0 amide bonds. The fourth-order valence-electron chi connectivity index (χ4n) is 2.01. The van der Waals surface area contributed by atoms with Crippen LogP contribution < -0.4 is 5.73 Å². The van der Waals surface area contributed by atoms with Crippen molar-refractivity contribution in [2.75, 3.05) is 39.5 Å². The average Bonchev–Trinajstić information content (AvgIpc) is 2.19. The first kappa shape index (κ1) is 14.8. The molecule has 17 heavy (non-hydrogen) atoms. The predicted molar refractivity (Wildman–Crippen MR) is 73.4 cm³/mol. The summed E-state index contributed by atoms with van der Waals surface area (Å²) in [6, 6.07) is 0. The van der Waals surface area contributed by atoms with Gasteiger partial charge in [0.1, 0.15) is 5.75 Å². The summed E-state index contributed by atoms with van der Waals surface area (Å²) in [6.07, 6.45) is 2.09. The number of likely N-dealkylation sites (tertiary alicyclic amines) is 1. The van der Waals surface area contributed by atoms with Crippen molar-refractivity contribution in [2.45, 2.75) is 12.8 Å². The predicted octanol–water partition coefficient (Wildman–Crippen LogP) is -0.124. The molecule has 1 rings (SSSR count). The Morgan fingerprint density at radius 1 is 1.47 bits per heavy atom. The minimum atomic E-state index is -3.32. The molecule has 2 N–H and O–H groups in total. The maximum atomic E-state index is 11.8.